The highest BCUT2D eigenvalue weighted by molar-refractivity contribution is 7.93. The van der Waals surface area contributed by atoms with Crippen molar-refractivity contribution in [3.05, 3.63) is 66.4 Å². The Balaban J connectivity index is 1.80. The summed E-state index contributed by atoms with van der Waals surface area (Å²) in [5.74, 6) is -0.0321. The number of alkyl halides is 3. The van der Waals surface area contributed by atoms with E-state index in [1.165, 1.54) is 29.0 Å². The smallest absolute Gasteiger partial charge is 0.485 e. The summed E-state index contributed by atoms with van der Waals surface area (Å²) in [5, 5.41) is 0.939. The molecule has 0 aliphatic rings. The lowest BCUT2D eigenvalue weighted by Gasteiger charge is -2.14. The number of hydrogen-bond donors (Lipinski definition) is 1. The van der Waals surface area contributed by atoms with Crippen LogP contribution in [-0.2, 0) is 16.6 Å². The number of halogens is 3. The van der Waals surface area contributed by atoms with Crippen molar-refractivity contribution in [2.24, 2.45) is 0 Å². The summed E-state index contributed by atoms with van der Waals surface area (Å²) in [6.45, 7) is -0.0321. The molecule has 0 atom stereocenters. The molecule has 2 aromatic carbocycles. The SMILES string of the molecule is O=S(=O)(Nc1ccccc1OCc1ccc2ccccc2n1)C(F)(F)F. The molecule has 0 bridgehead atoms. The Kier molecular flexibility index (Phi) is 4.73. The topological polar surface area (TPSA) is 68.3 Å². The minimum Gasteiger partial charge on any atom is -0.485 e. The summed E-state index contributed by atoms with van der Waals surface area (Å²) in [5.41, 5.74) is -4.41. The number of para-hydroxylation sites is 3. The lowest BCUT2D eigenvalue weighted by molar-refractivity contribution is -0.0429. The van der Waals surface area contributed by atoms with Gasteiger partial charge in [-0.3, -0.25) is 4.72 Å². The van der Waals surface area contributed by atoms with Gasteiger partial charge in [-0.1, -0.05) is 36.4 Å². The minimum atomic E-state index is -5.53. The largest absolute Gasteiger partial charge is 0.516 e. The van der Waals surface area contributed by atoms with Crippen LogP contribution < -0.4 is 9.46 Å². The van der Waals surface area contributed by atoms with Crippen LogP contribution in [0.3, 0.4) is 0 Å². The molecule has 0 unspecified atom stereocenters. The van der Waals surface area contributed by atoms with Crippen molar-refractivity contribution in [3.63, 3.8) is 0 Å². The van der Waals surface area contributed by atoms with Crippen LogP contribution in [0, 0.1) is 0 Å². The number of anilines is 1. The van der Waals surface area contributed by atoms with Gasteiger partial charge in [0.2, 0.25) is 0 Å². The van der Waals surface area contributed by atoms with E-state index in [1.54, 1.807) is 6.07 Å². The molecular weight excluding hydrogens is 369 g/mol. The van der Waals surface area contributed by atoms with Crippen molar-refractivity contribution in [1.82, 2.24) is 4.98 Å². The molecular formula is C17H13F3N2O3S. The van der Waals surface area contributed by atoms with E-state index in [2.05, 4.69) is 4.98 Å². The Morgan fingerprint density at radius 2 is 1.65 bits per heavy atom. The molecule has 136 valence electrons. The normalized spacial score (nSPS) is 12.1. The van der Waals surface area contributed by atoms with Gasteiger partial charge in [-0.15, -0.1) is 0 Å². The number of nitrogens with zero attached hydrogens (tertiary/aromatic N) is 1. The van der Waals surface area contributed by atoms with Gasteiger partial charge in [0.1, 0.15) is 12.4 Å². The zero-order chi connectivity index (χ0) is 18.8. The van der Waals surface area contributed by atoms with Crippen LogP contribution in [0.15, 0.2) is 60.7 Å². The van der Waals surface area contributed by atoms with Crippen molar-refractivity contribution in [2.45, 2.75) is 12.1 Å². The van der Waals surface area contributed by atoms with E-state index in [0.717, 1.165) is 10.9 Å². The summed E-state index contributed by atoms with van der Waals surface area (Å²) >= 11 is 0. The van der Waals surface area contributed by atoms with E-state index in [1.807, 2.05) is 30.3 Å². The fourth-order valence-electron chi connectivity index (χ4n) is 2.22. The van der Waals surface area contributed by atoms with Gasteiger partial charge in [-0.25, -0.2) is 4.98 Å². The van der Waals surface area contributed by atoms with Crippen molar-refractivity contribution >= 4 is 26.6 Å². The van der Waals surface area contributed by atoms with E-state index in [0.29, 0.717) is 5.69 Å². The van der Waals surface area contributed by atoms with Crippen molar-refractivity contribution in [3.8, 4) is 5.75 Å². The van der Waals surface area contributed by atoms with Gasteiger partial charge in [-0.05, 0) is 24.3 Å². The summed E-state index contributed by atoms with van der Waals surface area (Å²) in [4.78, 5) is 4.39. The quantitative estimate of drug-likeness (QED) is 0.722. The van der Waals surface area contributed by atoms with Crippen LogP contribution in [0.4, 0.5) is 18.9 Å². The molecule has 0 amide bonds. The van der Waals surface area contributed by atoms with Crippen LogP contribution >= 0.6 is 0 Å². The highest BCUT2D eigenvalue weighted by atomic mass is 32.2. The van der Waals surface area contributed by atoms with E-state index in [-0.39, 0.29) is 18.0 Å². The maximum absolute atomic E-state index is 12.5. The van der Waals surface area contributed by atoms with Gasteiger partial charge in [0.15, 0.2) is 0 Å². The van der Waals surface area contributed by atoms with E-state index < -0.39 is 15.5 Å². The van der Waals surface area contributed by atoms with Crippen molar-refractivity contribution in [2.75, 3.05) is 4.72 Å². The van der Waals surface area contributed by atoms with Crippen LogP contribution in [-0.4, -0.2) is 18.9 Å². The third-order valence-electron chi connectivity index (χ3n) is 3.47. The molecule has 3 rings (SSSR count). The third-order valence-corrected chi connectivity index (χ3v) is 4.57. The first kappa shape index (κ1) is 18.0. The summed E-state index contributed by atoms with van der Waals surface area (Å²) in [6.07, 6.45) is 0. The molecule has 3 aromatic rings. The molecule has 5 nitrogen and oxygen atoms in total. The van der Waals surface area contributed by atoms with Crippen LogP contribution in [0.5, 0.6) is 5.75 Å². The highest BCUT2D eigenvalue weighted by Gasteiger charge is 2.46. The standard InChI is InChI=1S/C17H13F3N2O3S/c18-17(19,20)26(23,24)22-15-7-3-4-8-16(15)25-11-13-10-9-12-5-1-2-6-14(12)21-13/h1-10,22H,11H2. The maximum atomic E-state index is 12.5. The highest BCUT2D eigenvalue weighted by Crippen LogP contribution is 2.30. The Labute approximate surface area is 147 Å². The number of nitrogens with one attached hydrogen (secondary N) is 1. The Morgan fingerprint density at radius 1 is 0.962 bits per heavy atom. The number of rotatable bonds is 5. The van der Waals surface area contributed by atoms with E-state index in [4.69, 9.17) is 4.74 Å². The molecule has 1 N–H and O–H groups in total. The number of pyridine rings is 1. The molecule has 9 heteroatoms. The number of ether oxygens (including phenoxy) is 1. The molecule has 0 aliphatic heterocycles. The number of sulfonamides is 1. The van der Waals surface area contributed by atoms with Crippen LogP contribution in [0.25, 0.3) is 10.9 Å². The summed E-state index contributed by atoms with van der Waals surface area (Å²) < 4.78 is 67.2. The van der Waals surface area contributed by atoms with Crippen LogP contribution in [0.1, 0.15) is 5.69 Å². The average Bonchev–Trinajstić information content (AvgIpc) is 2.59. The second-order valence-electron chi connectivity index (χ2n) is 5.33. The molecule has 0 spiro atoms. The summed E-state index contributed by atoms with van der Waals surface area (Å²) in [7, 11) is -5.53. The minimum absolute atomic E-state index is 0.0321. The third kappa shape index (κ3) is 3.88. The van der Waals surface area contributed by atoms with Gasteiger partial charge in [0.25, 0.3) is 0 Å². The fourth-order valence-corrected chi connectivity index (χ4v) is 2.79. The number of hydrogen-bond acceptors (Lipinski definition) is 4. The van der Waals surface area contributed by atoms with Gasteiger partial charge in [-0.2, -0.15) is 21.6 Å². The number of benzene rings is 2. The molecule has 0 saturated carbocycles. The fraction of sp³-hybridized carbons (Fsp3) is 0.118. The van der Waals surface area contributed by atoms with E-state index in [9.17, 15) is 21.6 Å². The average molecular weight is 382 g/mol. The Morgan fingerprint density at radius 3 is 2.42 bits per heavy atom. The zero-order valence-electron chi connectivity index (χ0n) is 13.2. The molecule has 26 heavy (non-hydrogen) atoms. The van der Waals surface area contributed by atoms with Gasteiger partial charge in [0, 0.05) is 5.39 Å². The lowest BCUT2D eigenvalue weighted by Crippen LogP contribution is -2.30. The van der Waals surface area contributed by atoms with Crippen molar-refractivity contribution < 1.29 is 26.3 Å². The molecule has 0 aliphatic carbocycles. The Bertz CT molecular complexity index is 1040. The molecule has 0 saturated heterocycles. The zero-order valence-corrected chi connectivity index (χ0v) is 14.0. The summed E-state index contributed by atoms with van der Waals surface area (Å²) in [6, 6.07) is 16.5. The Hall–Kier alpha value is -2.81. The van der Waals surface area contributed by atoms with E-state index >= 15 is 0 Å². The van der Waals surface area contributed by atoms with Gasteiger partial charge < -0.3 is 4.74 Å². The lowest BCUT2D eigenvalue weighted by atomic mass is 10.2. The number of fused-ring (bicyclic) bond motifs is 1. The molecule has 1 aromatic heterocycles. The second-order valence-corrected chi connectivity index (χ2v) is 7.01. The number of aromatic nitrogens is 1. The molecule has 0 radical (unpaired) electrons. The second kappa shape index (κ2) is 6.83. The van der Waals surface area contributed by atoms with Crippen LogP contribution in [0.2, 0.25) is 0 Å². The maximum Gasteiger partial charge on any atom is 0.516 e. The predicted molar refractivity (Wildman–Crippen MR) is 91.1 cm³/mol. The van der Waals surface area contributed by atoms with Gasteiger partial charge >= 0.3 is 15.5 Å². The monoisotopic (exact) mass is 382 g/mol. The predicted octanol–water partition coefficient (Wildman–Crippen LogP) is 4.08. The first-order valence-corrected chi connectivity index (χ1v) is 8.90. The van der Waals surface area contributed by atoms with Gasteiger partial charge in [0.05, 0.1) is 16.9 Å². The first-order chi connectivity index (χ1) is 12.3. The molecule has 1 heterocycles. The molecule has 0 fully saturated rings. The first-order valence-electron chi connectivity index (χ1n) is 7.42. The van der Waals surface area contributed by atoms with Crippen molar-refractivity contribution in [1.29, 1.82) is 0 Å².